The number of hydrogen-bond donors (Lipinski definition) is 1. The topological polar surface area (TPSA) is 69.3 Å². The van der Waals surface area contributed by atoms with E-state index < -0.39 is 41.5 Å². The second-order valence-corrected chi connectivity index (χ2v) is 7.59. The number of benzene rings is 2. The van der Waals surface area contributed by atoms with Crippen LogP contribution in [0.2, 0.25) is 0 Å². The molecule has 4 rings (SSSR count). The Hall–Kier alpha value is -4.08. The van der Waals surface area contributed by atoms with Gasteiger partial charge in [-0.25, -0.2) is 8.78 Å². The molecule has 0 aliphatic rings. The Morgan fingerprint density at radius 2 is 1.76 bits per heavy atom. The van der Waals surface area contributed by atoms with Crippen LogP contribution in [-0.4, -0.2) is 15.7 Å². The second-order valence-electron chi connectivity index (χ2n) is 7.59. The summed E-state index contributed by atoms with van der Waals surface area (Å²) in [6.07, 6.45) is 0. The third-order valence-corrected chi connectivity index (χ3v) is 4.94. The molecule has 0 bridgehead atoms. The number of aromatic nitrogens is 2. The van der Waals surface area contributed by atoms with Crippen LogP contribution < -0.4 is 10.1 Å². The Morgan fingerprint density at radius 1 is 1.03 bits per heavy atom. The summed E-state index contributed by atoms with van der Waals surface area (Å²) in [6.45, 7) is 3.84. The molecule has 1 N–H and O–H groups in total. The molecule has 4 aromatic rings. The van der Waals surface area contributed by atoms with Crippen molar-refractivity contribution in [2.24, 2.45) is 0 Å². The van der Waals surface area contributed by atoms with Crippen molar-refractivity contribution in [1.29, 1.82) is 0 Å². The van der Waals surface area contributed by atoms with Crippen molar-refractivity contribution in [2.45, 2.75) is 27.0 Å². The number of anilines is 1. The molecular weight excluding hydrogens is 454 g/mol. The Labute approximate surface area is 191 Å². The predicted octanol–water partition coefficient (Wildman–Crippen LogP) is 5.53. The lowest BCUT2D eigenvalue weighted by atomic mass is 10.2. The van der Waals surface area contributed by atoms with Crippen LogP contribution in [0.25, 0.3) is 0 Å². The van der Waals surface area contributed by atoms with Crippen molar-refractivity contribution in [2.75, 3.05) is 5.32 Å². The fraction of sp³-hybridized carbons (Fsp3) is 0.167. The number of amides is 1. The Morgan fingerprint density at radius 3 is 2.44 bits per heavy atom. The second kappa shape index (κ2) is 9.42. The molecule has 10 heteroatoms. The minimum absolute atomic E-state index is 0.0203. The van der Waals surface area contributed by atoms with E-state index in [9.17, 15) is 22.4 Å². The van der Waals surface area contributed by atoms with Crippen molar-refractivity contribution in [3.63, 3.8) is 0 Å². The molecule has 0 aliphatic heterocycles. The number of halogens is 4. The van der Waals surface area contributed by atoms with E-state index in [2.05, 4.69) is 10.4 Å². The van der Waals surface area contributed by atoms with Gasteiger partial charge in [0.1, 0.15) is 12.4 Å². The molecule has 176 valence electrons. The van der Waals surface area contributed by atoms with Crippen LogP contribution in [0.15, 0.2) is 52.9 Å². The molecule has 0 fully saturated rings. The fourth-order valence-electron chi connectivity index (χ4n) is 3.35. The fourth-order valence-corrected chi connectivity index (χ4v) is 3.35. The molecule has 1 amide bonds. The molecular formula is C24H19F4N3O3. The predicted molar refractivity (Wildman–Crippen MR) is 115 cm³/mol. The molecule has 0 spiro atoms. The Balaban J connectivity index is 1.41. The highest BCUT2D eigenvalue weighted by Crippen LogP contribution is 2.27. The normalized spacial score (nSPS) is 11.0. The quantitative estimate of drug-likeness (QED) is 0.283. The number of carbonyl (C=O) groups is 1. The van der Waals surface area contributed by atoms with E-state index in [1.807, 2.05) is 30.7 Å². The third kappa shape index (κ3) is 4.95. The van der Waals surface area contributed by atoms with Gasteiger partial charge in [0.05, 0.1) is 12.2 Å². The van der Waals surface area contributed by atoms with Crippen molar-refractivity contribution < 1.29 is 31.5 Å². The first-order valence-corrected chi connectivity index (χ1v) is 10.2. The van der Waals surface area contributed by atoms with Crippen LogP contribution in [0.1, 0.15) is 33.3 Å². The third-order valence-electron chi connectivity index (χ3n) is 4.94. The maximum absolute atomic E-state index is 13.7. The highest BCUT2D eigenvalue weighted by Gasteiger charge is 2.21. The van der Waals surface area contributed by atoms with Crippen LogP contribution in [0.3, 0.4) is 0 Å². The van der Waals surface area contributed by atoms with Crippen LogP contribution in [0.5, 0.6) is 5.75 Å². The number of furan rings is 1. The number of aryl methyl sites for hydroxylation is 2. The van der Waals surface area contributed by atoms with Crippen LogP contribution in [-0.2, 0) is 13.2 Å². The van der Waals surface area contributed by atoms with Crippen molar-refractivity contribution in [3.05, 3.63) is 100 Å². The van der Waals surface area contributed by atoms with Gasteiger partial charge in [-0.15, -0.1) is 0 Å². The van der Waals surface area contributed by atoms with Gasteiger partial charge >= 0.3 is 0 Å². The average Bonchev–Trinajstić information content (AvgIpc) is 3.38. The van der Waals surface area contributed by atoms with Gasteiger partial charge in [0.15, 0.2) is 23.1 Å². The van der Waals surface area contributed by atoms with Gasteiger partial charge in [-0.2, -0.15) is 13.9 Å². The lowest BCUT2D eigenvalue weighted by Crippen LogP contribution is -2.11. The average molecular weight is 473 g/mol. The molecule has 2 heterocycles. The number of rotatable bonds is 7. The molecule has 0 saturated carbocycles. The summed E-state index contributed by atoms with van der Waals surface area (Å²) in [4.78, 5) is 12.5. The van der Waals surface area contributed by atoms with E-state index in [0.717, 1.165) is 17.0 Å². The van der Waals surface area contributed by atoms with Crippen LogP contribution >= 0.6 is 0 Å². The summed E-state index contributed by atoms with van der Waals surface area (Å²) in [5.74, 6) is -8.35. The van der Waals surface area contributed by atoms with Gasteiger partial charge < -0.3 is 14.5 Å². The summed E-state index contributed by atoms with van der Waals surface area (Å²) in [5, 5.41) is 7.12. The van der Waals surface area contributed by atoms with Gasteiger partial charge in [-0.05, 0) is 49.7 Å². The lowest BCUT2D eigenvalue weighted by molar-refractivity contribution is 0.0992. The van der Waals surface area contributed by atoms with E-state index in [4.69, 9.17) is 9.15 Å². The molecule has 6 nitrogen and oxygen atoms in total. The summed E-state index contributed by atoms with van der Waals surface area (Å²) in [6, 6.07) is 11.9. The molecule has 0 unspecified atom stereocenters. The zero-order valence-corrected chi connectivity index (χ0v) is 18.2. The van der Waals surface area contributed by atoms with Crippen molar-refractivity contribution in [1.82, 2.24) is 9.78 Å². The lowest BCUT2D eigenvalue weighted by Gasteiger charge is -2.09. The number of carbonyl (C=O) groups excluding carboxylic acids is 1. The van der Waals surface area contributed by atoms with E-state index in [1.165, 1.54) is 12.1 Å². The standard InChI is InChI=1S/C24H19F4N3O3/c1-13-8-14(2)31(30-13)11-15-4-3-5-16(9-15)29-24(32)20-7-6-17(34-20)12-33-23-21(27)18(25)10-19(26)22(23)28/h3-10H,11-12H2,1-2H3,(H,29,32). The van der Waals surface area contributed by atoms with Gasteiger partial charge in [0.25, 0.3) is 5.91 Å². The van der Waals surface area contributed by atoms with Gasteiger partial charge in [0.2, 0.25) is 11.6 Å². The molecule has 2 aromatic carbocycles. The molecule has 0 radical (unpaired) electrons. The molecule has 0 aliphatic carbocycles. The SMILES string of the molecule is Cc1cc(C)n(Cc2cccc(NC(=O)c3ccc(COc4c(F)c(F)cc(F)c4F)o3)c2)n1. The maximum atomic E-state index is 13.7. The van der Waals surface area contributed by atoms with Crippen molar-refractivity contribution >= 4 is 11.6 Å². The maximum Gasteiger partial charge on any atom is 0.291 e. The van der Waals surface area contributed by atoms with Gasteiger partial charge in [-0.3, -0.25) is 9.48 Å². The van der Waals surface area contributed by atoms with Crippen molar-refractivity contribution in [3.8, 4) is 5.75 Å². The van der Waals surface area contributed by atoms with Crippen LogP contribution in [0.4, 0.5) is 23.2 Å². The molecule has 2 aromatic heterocycles. The Bertz CT molecular complexity index is 1340. The minimum Gasteiger partial charge on any atom is -0.479 e. The van der Waals surface area contributed by atoms with E-state index in [1.54, 1.807) is 18.2 Å². The zero-order chi connectivity index (χ0) is 24.4. The smallest absolute Gasteiger partial charge is 0.291 e. The number of ether oxygens (including phenoxy) is 1. The first-order valence-electron chi connectivity index (χ1n) is 10.2. The number of nitrogens with one attached hydrogen (secondary N) is 1. The first-order chi connectivity index (χ1) is 16.2. The largest absolute Gasteiger partial charge is 0.479 e. The van der Waals surface area contributed by atoms with Gasteiger partial charge in [0, 0.05) is 17.4 Å². The van der Waals surface area contributed by atoms with E-state index in [0.29, 0.717) is 12.2 Å². The number of nitrogens with zero attached hydrogens (tertiary/aromatic N) is 2. The highest BCUT2D eigenvalue weighted by atomic mass is 19.2. The summed E-state index contributed by atoms with van der Waals surface area (Å²) < 4.78 is 66.0. The van der Waals surface area contributed by atoms with Crippen LogP contribution in [0, 0.1) is 37.1 Å². The van der Waals surface area contributed by atoms with E-state index in [-0.39, 0.29) is 17.6 Å². The molecule has 0 saturated heterocycles. The van der Waals surface area contributed by atoms with E-state index >= 15 is 0 Å². The molecule has 0 atom stereocenters. The number of hydrogen-bond acceptors (Lipinski definition) is 4. The molecule has 34 heavy (non-hydrogen) atoms. The Kier molecular flexibility index (Phi) is 6.40. The zero-order valence-electron chi connectivity index (χ0n) is 18.2. The summed E-state index contributed by atoms with van der Waals surface area (Å²) >= 11 is 0. The first kappa shape index (κ1) is 23.1. The highest BCUT2D eigenvalue weighted by molar-refractivity contribution is 6.02. The monoisotopic (exact) mass is 473 g/mol. The summed E-state index contributed by atoms with van der Waals surface area (Å²) in [5.41, 5.74) is 3.37. The summed E-state index contributed by atoms with van der Waals surface area (Å²) in [7, 11) is 0. The minimum atomic E-state index is -1.66. The van der Waals surface area contributed by atoms with Gasteiger partial charge in [-0.1, -0.05) is 12.1 Å².